The van der Waals surface area contributed by atoms with Crippen molar-refractivity contribution in [3.63, 3.8) is 0 Å². The summed E-state index contributed by atoms with van der Waals surface area (Å²) in [6.45, 7) is 0. The first kappa shape index (κ1) is 17.8. The first-order valence-corrected chi connectivity index (χ1v) is 6.52. The maximum Gasteiger partial charge on any atom is 0.416 e. The van der Waals surface area contributed by atoms with Crippen LogP contribution >= 0.6 is 0 Å². The second kappa shape index (κ2) is 6.17. The molecule has 0 fully saturated rings. The third-order valence-electron chi connectivity index (χ3n) is 2.97. The molecule has 0 aliphatic heterocycles. The van der Waals surface area contributed by atoms with Gasteiger partial charge in [-0.3, -0.25) is 0 Å². The van der Waals surface area contributed by atoms with Crippen LogP contribution in [-0.4, -0.2) is 24.1 Å². The molecule has 2 rings (SSSR count). The number of alkyl halides is 6. The minimum absolute atomic E-state index is 0.0659. The highest BCUT2D eigenvalue weighted by Gasteiger charge is 2.36. The van der Waals surface area contributed by atoms with Gasteiger partial charge >= 0.3 is 12.4 Å². The van der Waals surface area contributed by atoms with Crippen molar-refractivity contribution in [2.75, 3.05) is 24.3 Å². The zero-order valence-corrected chi connectivity index (χ0v) is 12.5. The van der Waals surface area contributed by atoms with Crippen molar-refractivity contribution in [1.29, 1.82) is 0 Å². The van der Waals surface area contributed by atoms with Gasteiger partial charge in [0, 0.05) is 25.8 Å². The molecule has 1 aromatic heterocycles. The summed E-state index contributed by atoms with van der Waals surface area (Å²) in [4.78, 5) is 9.31. The van der Waals surface area contributed by atoms with Crippen molar-refractivity contribution >= 4 is 17.3 Å². The molecule has 0 saturated heterocycles. The van der Waals surface area contributed by atoms with Crippen LogP contribution in [0.25, 0.3) is 0 Å². The summed E-state index contributed by atoms with van der Waals surface area (Å²) < 4.78 is 76.9. The Hall–Kier alpha value is -2.52. The van der Waals surface area contributed by atoms with Gasteiger partial charge in [0.1, 0.15) is 18.0 Å². The number of hydrogen-bond acceptors (Lipinski definition) is 4. The molecule has 0 amide bonds. The van der Waals surface area contributed by atoms with Crippen LogP contribution in [0.15, 0.2) is 30.6 Å². The third-order valence-corrected chi connectivity index (χ3v) is 2.97. The number of nitrogens with one attached hydrogen (secondary N) is 1. The molecule has 0 radical (unpaired) electrons. The van der Waals surface area contributed by atoms with Crippen molar-refractivity contribution < 1.29 is 26.3 Å². The molecule has 4 nitrogen and oxygen atoms in total. The largest absolute Gasteiger partial charge is 0.416 e. The molecule has 1 aromatic carbocycles. The molecule has 1 N–H and O–H groups in total. The molecule has 1 heterocycles. The fourth-order valence-corrected chi connectivity index (χ4v) is 1.83. The molecule has 0 spiro atoms. The summed E-state index contributed by atoms with van der Waals surface area (Å²) in [5.74, 6) is 0.511. The van der Waals surface area contributed by atoms with Crippen LogP contribution in [0.4, 0.5) is 43.7 Å². The van der Waals surface area contributed by atoms with Gasteiger partial charge in [0.2, 0.25) is 0 Å². The molecular formula is C14H12F6N4. The molecule has 0 atom stereocenters. The molecule has 0 bridgehead atoms. The van der Waals surface area contributed by atoms with Crippen molar-refractivity contribution in [3.05, 3.63) is 41.7 Å². The van der Waals surface area contributed by atoms with Gasteiger partial charge in [-0.1, -0.05) is 0 Å². The number of aromatic nitrogens is 2. The Balaban J connectivity index is 2.44. The number of nitrogens with zero attached hydrogens (tertiary/aromatic N) is 3. The third kappa shape index (κ3) is 4.27. The van der Waals surface area contributed by atoms with Gasteiger partial charge in [0.05, 0.1) is 11.1 Å². The summed E-state index contributed by atoms with van der Waals surface area (Å²) in [7, 11) is 3.36. The van der Waals surface area contributed by atoms with E-state index in [1.807, 2.05) is 0 Å². The summed E-state index contributed by atoms with van der Waals surface area (Å²) in [6, 6.07) is 2.64. The van der Waals surface area contributed by atoms with E-state index < -0.39 is 23.5 Å². The average molecular weight is 350 g/mol. The molecular weight excluding hydrogens is 338 g/mol. The second-order valence-corrected chi connectivity index (χ2v) is 5.08. The summed E-state index contributed by atoms with van der Waals surface area (Å²) in [5.41, 5.74) is -3.18. The Morgan fingerprint density at radius 2 is 1.38 bits per heavy atom. The molecule has 0 saturated carbocycles. The average Bonchev–Trinajstić information content (AvgIpc) is 2.45. The van der Waals surface area contributed by atoms with Gasteiger partial charge in [0.15, 0.2) is 0 Å². The van der Waals surface area contributed by atoms with Crippen LogP contribution < -0.4 is 10.2 Å². The quantitative estimate of drug-likeness (QED) is 0.837. The van der Waals surface area contributed by atoms with Gasteiger partial charge in [-0.25, -0.2) is 9.97 Å². The van der Waals surface area contributed by atoms with E-state index >= 15 is 0 Å². The van der Waals surface area contributed by atoms with E-state index in [-0.39, 0.29) is 17.6 Å². The highest BCUT2D eigenvalue weighted by molar-refractivity contribution is 5.61. The lowest BCUT2D eigenvalue weighted by Gasteiger charge is -2.16. The van der Waals surface area contributed by atoms with Crippen molar-refractivity contribution in [2.24, 2.45) is 0 Å². The Kier molecular flexibility index (Phi) is 4.59. The monoisotopic (exact) mass is 350 g/mol. The maximum absolute atomic E-state index is 12.8. The van der Waals surface area contributed by atoms with Crippen LogP contribution in [0.5, 0.6) is 0 Å². The predicted molar refractivity (Wildman–Crippen MR) is 76.1 cm³/mol. The first-order chi connectivity index (χ1) is 11.0. The van der Waals surface area contributed by atoms with Crippen LogP contribution in [0, 0.1) is 0 Å². The summed E-state index contributed by atoms with van der Waals surface area (Å²) in [6.07, 6.45) is -8.66. The number of benzene rings is 1. The highest BCUT2D eigenvalue weighted by atomic mass is 19.4. The second-order valence-electron chi connectivity index (χ2n) is 5.08. The van der Waals surface area contributed by atoms with E-state index in [4.69, 9.17) is 0 Å². The topological polar surface area (TPSA) is 41.0 Å². The molecule has 10 heteroatoms. The fraction of sp³-hybridized carbons (Fsp3) is 0.286. The lowest BCUT2D eigenvalue weighted by molar-refractivity contribution is -0.143. The number of anilines is 3. The Morgan fingerprint density at radius 1 is 0.833 bits per heavy atom. The lowest BCUT2D eigenvalue weighted by atomic mass is 10.1. The minimum Gasteiger partial charge on any atom is -0.363 e. The Labute approximate surface area is 133 Å². The molecule has 0 aliphatic rings. The SMILES string of the molecule is CN(C)c1cc(Nc2cc(C(F)(F)F)cc(C(F)(F)F)c2)ncn1. The van der Waals surface area contributed by atoms with E-state index in [1.54, 1.807) is 19.0 Å². The first-order valence-electron chi connectivity index (χ1n) is 6.52. The highest BCUT2D eigenvalue weighted by Crippen LogP contribution is 2.38. The summed E-state index contributed by atoms with van der Waals surface area (Å²) >= 11 is 0. The van der Waals surface area contributed by atoms with Crippen molar-refractivity contribution in [3.8, 4) is 0 Å². The van der Waals surface area contributed by atoms with Gasteiger partial charge in [-0.2, -0.15) is 26.3 Å². The van der Waals surface area contributed by atoms with Crippen molar-refractivity contribution in [2.45, 2.75) is 12.4 Å². The van der Waals surface area contributed by atoms with Crippen LogP contribution in [-0.2, 0) is 12.4 Å². The fourth-order valence-electron chi connectivity index (χ4n) is 1.83. The lowest BCUT2D eigenvalue weighted by Crippen LogP contribution is -2.12. The van der Waals surface area contributed by atoms with Crippen LogP contribution in [0.2, 0.25) is 0 Å². The number of halogens is 6. The van der Waals surface area contributed by atoms with Gasteiger partial charge < -0.3 is 10.2 Å². The standard InChI is InChI=1S/C14H12F6N4/c1-24(2)12-6-11(21-7-22-12)23-10-4-8(13(15,16)17)3-9(5-10)14(18,19)20/h3-7H,1-2H3,(H,21,22,23). The normalized spacial score (nSPS) is 12.2. The van der Waals surface area contributed by atoms with Crippen LogP contribution in [0.3, 0.4) is 0 Å². The molecule has 2 aromatic rings. The molecule has 0 aliphatic carbocycles. The van der Waals surface area contributed by atoms with E-state index in [0.717, 1.165) is 6.33 Å². The Morgan fingerprint density at radius 3 is 1.83 bits per heavy atom. The van der Waals surface area contributed by atoms with E-state index in [0.29, 0.717) is 18.0 Å². The zero-order chi connectivity index (χ0) is 18.1. The Bertz CT molecular complexity index is 692. The van der Waals surface area contributed by atoms with E-state index in [1.165, 1.54) is 6.07 Å². The minimum atomic E-state index is -4.90. The van der Waals surface area contributed by atoms with E-state index in [2.05, 4.69) is 15.3 Å². The summed E-state index contributed by atoms with van der Waals surface area (Å²) in [5, 5.41) is 2.45. The predicted octanol–water partition coefficient (Wildman–Crippen LogP) is 4.32. The van der Waals surface area contributed by atoms with Crippen molar-refractivity contribution in [1.82, 2.24) is 9.97 Å². The zero-order valence-electron chi connectivity index (χ0n) is 12.5. The number of rotatable bonds is 3. The molecule has 0 unspecified atom stereocenters. The van der Waals surface area contributed by atoms with Gasteiger partial charge in [0.25, 0.3) is 0 Å². The number of hydrogen-bond donors (Lipinski definition) is 1. The molecule has 24 heavy (non-hydrogen) atoms. The maximum atomic E-state index is 12.8. The van der Waals surface area contributed by atoms with E-state index in [9.17, 15) is 26.3 Å². The van der Waals surface area contributed by atoms with Crippen LogP contribution in [0.1, 0.15) is 11.1 Å². The molecule has 130 valence electrons. The van der Waals surface area contributed by atoms with Gasteiger partial charge in [-0.15, -0.1) is 0 Å². The van der Waals surface area contributed by atoms with Gasteiger partial charge in [-0.05, 0) is 18.2 Å². The smallest absolute Gasteiger partial charge is 0.363 e.